The van der Waals surface area contributed by atoms with Gasteiger partial charge in [0.1, 0.15) is 17.0 Å². The van der Waals surface area contributed by atoms with Crippen molar-refractivity contribution >= 4 is 28.0 Å². The number of nitrogens with zero attached hydrogens (tertiary/aromatic N) is 6. The molecule has 2 fully saturated rings. The lowest BCUT2D eigenvalue weighted by molar-refractivity contribution is -0.129. The summed E-state index contributed by atoms with van der Waals surface area (Å²) in [6.45, 7) is 7.40. The highest BCUT2D eigenvalue weighted by Crippen LogP contribution is 2.37. The quantitative estimate of drug-likeness (QED) is 0.679. The van der Waals surface area contributed by atoms with Crippen LogP contribution in [0.15, 0.2) is 18.5 Å². The van der Waals surface area contributed by atoms with Crippen molar-refractivity contribution in [3.63, 3.8) is 0 Å². The highest BCUT2D eigenvalue weighted by atomic mass is 16.2. The monoisotopic (exact) mass is 433 g/mol. The fraction of sp³-hybridized carbons (Fsp3) is 0.583. The van der Waals surface area contributed by atoms with Gasteiger partial charge in [-0.25, -0.2) is 9.97 Å². The zero-order valence-electron chi connectivity index (χ0n) is 18.9. The minimum absolute atomic E-state index is 0.161. The maximum atomic E-state index is 11.8. The van der Waals surface area contributed by atoms with Crippen molar-refractivity contribution in [3.8, 4) is 6.07 Å². The molecule has 1 atom stereocenters. The van der Waals surface area contributed by atoms with Gasteiger partial charge in [0.15, 0.2) is 0 Å². The van der Waals surface area contributed by atoms with Gasteiger partial charge in [0, 0.05) is 62.7 Å². The van der Waals surface area contributed by atoms with Gasteiger partial charge in [0.2, 0.25) is 5.91 Å². The second kappa shape index (κ2) is 8.55. The highest BCUT2D eigenvalue weighted by molar-refractivity contribution is 6.01. The van der Waals surface area contributed by atoms with Gasteiger partial charge in [0.25, 0.3) is 0 Å². The number of amides is 1. The minimum atomic E-state index is 0.161. The number of hydrogen-bond donors (Lipinski definition) is 1. The summed E-state index contributed by atoms with van der Waals surface area (Å²) in [6.07, 6.45) is 8.42. The molecule has 1 amide bonds. The first-order valence-corrected chi connectivity index (χ1v) is 11.8. The Kier molecular flexibility index (Phi) is 5.60. The smallest absolute Gasteiger partial charge is 0.219 e. The average molecular weight is 434 g/mol. The number of carbonyl (C=O) groups is 1. The molecular formula is C24H31N7O. The molecule has 2 saturated heterocycles. The number of H-pyrrole nitrogens is 1. The molecule has 8 heteroatoms. The number of fused-ring (bicyclic) bond motifs is 3. The molecule has 5 rings (SSSR count). The molecule has 3 aromatic heterocycles. The molecule has 0 aromatic carbocycles. The lowest BCUT2D eigenvalue weighted by Gasteiger charge is -2.37. The van der Waals surface area contributed by atoms with E-state index >= 15 is 0 Å². The van der Waals surface area contributed by atoms with Gasteiger partial charge in [-0.3, -0.25) is 9.69 Å². The van der Waals surface area contributed by atoms with Gasteiger partial charge in [0.05, 0.1) is 24.2 Å². The summed E-state index contributed by atoms with van der Waals surface area (Å²) in [5.41, 5.74) is 3.04. The number of likely N-dealkylation sites (tertiary alicyclic amines) is 2. The molecule has 1 N–H and O–H groups in total. The molecule has 0 saturated carbocycles. The van der Waals surface area contributed by atoms with E-state index in [0.717, 1.165) is 74.2 Å². The lowest BCUT2D eigenvalue weighted by Crippen LogP contribution is -2.41. The number of pyridine rings is 1. The molecule has 2 aliphatic rings. The van der Waals surface area contributed by atoms with E-state index in [9.17, 15) is 4.79 Å². The molecule has 0 radical (unpaired) electrons. The molecule has 32 heavy (non-hydrogen) atoms. The summed E-state index contributed by atoms with van der Waals surface area (Å²) in [7, 11) is 0. The zero-order chi connectivity index (χ0) is 22.2. The third-order valence-corrected chi connectivity index (χ3v) is 7.44. The van der Waals surface area contributed by atoms with Gasteiger partial charge in [-0.1, -0.05) is 0 Å². The van der Waals surface area contributed by atoms with Crippen molar-refractivity contribution < 1.29 is 4.79 Å². The van der Waals surface area contributed by atoms with Gasteiger partial charge >= 0.3 is 0 Å². The number of nitriles is 1. The minimum Gasteiger partial charge on any atom is -0.346 e. The van der Waals surface area contributed by atoms with Crippen molar-refractivity contribution in [1.29, 1.82) is 5.26 Å². The first kappa shape index (κ1) is 21.0. The van der Waals surface area contributed by atoms with Crippen LogP contribution in [0.4, 0.5) is 0 Å². The van der Waals surface area contributed by atoms with E-state index in [4.69, 9.17) is 10.2 Å². The van der Waals surface area contributed by atoms with Crippen LogP contribution in [0.1, 0.15) is 63.7 Å². The van der Waals surface area contributed by atoms with Crippen LogP contribution in [0.2, 0.25) is 0 Å². The maximum Gasteiger partial charge on any atom is 0.219 e. The number of hydrogen-bond acceptors (Lipinski definition) is 5. The Balaban J connectivity index is 1.50. The summed E-state index contributed by atoms with van der Waals surface area (Å²) in [5, 5.41) is 10.2. The molecule has 8 nitrogen and oxygen atoms in total. The molecule has 0 aliphatic carbocycles. The van der Waals surface area contributed by atoms with Crippen molar-refractivity contribution in [3.05, 3.63) is 24.3 Å². The molecule has 3 aromatic rings. The van der Waals surface area contributed by atoms with E-state index in [0.29, 0.717) is 24.4 Å². The predicted molar refractivity (Wildman–Crippen MR) is 123 cm³/mol. The summed E-state index contributed by atoms with van der Waals surface area (Å²) in [4.78, 5) is 29.2. The van der Waals surface area contributed by atoms with Crippen molar-refractivity contribution in [1.82, 2.24) is 29.3 Å². The van der Waals surface area contributed by atoms with Crippen LogP contribution >= 0.6 is 0 Å². The fourth-order valence-corrected chi connectivity index (χ4v) is 5.57. The Morgan fingerprint density at radius 2 is 2.00 bits per heavy atom. The van der Waals surface area contributed by atoms with Crippen LogP contribution in [-0.4, -0.2) is 67.4 Å². The predicted octanol–water partition coefficient (Wildman–Crippen LogP) is 3.58. The summed E-state index contributed by atoms with van der Waals surface area (Å²) >= 11 is 0. The third kappa shape index (κ3) is 3.65. The topological polar surface area (TPSA) is 93.8 Å². The summed E-state index contributed by atoms with van der Waals surface area (Å²) < 4.78 is 2.51. The Morgan fingerprint density at radius 3 is 2.69 bits per heavy atom. The maximum absolute atomic E-state index is 11.8. The van der Waals surface area contributed by atoms with Crippen molar-refractivity contribution in [2.75, 3.05) is 26.2 Å². The Hall–Kier alpha value is -2.92. The molecule has 168 valence electrons. The van der Waals surface area contributed by atoms with Crippen LogP contribution in [0, 0.1) is 11.3 Å². The van der Waals surface area contributed by atoms with Crippen molar-refractivity contribution in [2.45, 2.75) is 64.0 Å². The zero-order valence-corrected chi connectivity index (χ0v) is 18.9. The number of rotatable bonds is 4. The van der Waals surface area contributed by atoms with Crippen LogP contribution in [0.5, 0.6) is 0 Å². The van der Waals surface area contributed by atoms with Gasteiger partial charge in [-0.05, 0) is 38.7 Å². The number of nitrogens with one attached hydrogen (secondary N) is 1. The van der Waals surface area contributed by atoms with E-state index in [1.54, 1.807) is 6.92 Å². The molecule has 5 heterocycles. The lowest BCUT2D eigenvalue weighted by atomic mass is 9.94. The van der Waals surface area contributed by atoms with Gasteiger partial charge in [-0.2, -0.15) is 5.26 Å². The van der Waals surface area contributed by atoms with E-state index in [-0.39, 0.29) is 5.91 Å². The Morgan fingerprint density at radius 1 is 1.25 bits per heavy atom. The van der Waals surface area contributed by atoms with E-state index in [1.165, 1.54) is 5.52 Å². The van der Waals surface area contributed by atoms with Crippen LogP contribution < -0.4 is 0 Å². The summed E-state index contributed by atoms with van der Waals surface area (Å²) in [5.74, 6) is 1.67. The second-order valence-corrected chi connectivity index (χ2v) is 9.33. The normalized spacial score (nSPS) is 20.1. The summed E-state index contributed by atoms with van der Waals surface area (Å²) in [6, 6.07) is 5.10. The first-order chi connectivity index (χ1) is 15.6. The number of imidazole rings is 1. The van der Waals surface area contributed by atoms with E-state index < -0.39 is 0 Å². The number of carbonyl (C=O) groups excluding carboxylic acids is 1. The number of aromatic nitrogens is 4. The molecule has 1 unspecified atom stereocenters. The van der Waals surface area contributed by atoms with E-state index in [1.807, 2.05) is 17.3 Å². The van der Waals surface area contributed by atoms with Crippen LogP contribution in [0.25, 0.3) is 22.1 Å². The van der Waals surface area contributed by atoms with Crippen molar-refractivity contribution in [2.24, 2.45) is 0 Å². The fourth-order valence-electron chi connectivity index (χ4n) is 5.57. The molecular weight excluding hydrogens is 402 g/mol. The largest absolute Gasteiger partial charge is 0.346 e. The molecule has 0 bridgehead atoms. The molecule has 0 spiro atoms. The molecule has 2 aliphatic heterocycles. The number of piperidine rings is 2. The first-order valence-electron chi connectivity index (χ1n) is 11.8. The average Bonchev–Trinajstić information content (AvgIpc) is 3.43. The van der Waals surface area contributed by atoms with Crippen LogP contribution in [0.3, 0.4) is 0 Å². The standard InChI is InChI=1S/C24H31N7O/c1-16(3-9-25)29-13-7-19(8-14-29)31-22-20-4-10-26-23(20)27-15-21(22)28-24(31)18-5-11-30(12-6-18)17(2)32/h4,10,15-16,18-19H,3,5-8,11-14H2,1-2H3,(H,26,27). The van der Waals surface area contributed by atoms with Gasteiger partial charge in [-0.15, -0.1) is 0 Å². The second-order valence-electron chi connectivity index (χ2n) is 9.33. The number of aromatic amines is 1. The Bertz CT molecular complexity index is 1160. The van der Waals surface area contributed by atoms with Gasteiger partial charge < -0.3 is 14.5 Å². The SMILES string of the molecule is CC(=O)N1CCC(c2nc3cnc4[nH]ccc4c3n2C2CCN(C(C)CC#N)CC2)CC1. The van der Waals surface area contributed by atoms with E-state index in [2.05, 4.69) is 38.5 Å². The highest BCUT2D eigenvalue weighted by Gasteiger charge is 2.32. The third-order valence-electron chi connectivity index (χ3n) is 7.44. The Labute approximate surface area is 188 Å². The van der Waals surface area contributed by atoms with Crippen LogP contribution in [-0.2, 0) is 4.79 Å².